The first kappa shape index (κ1) is 76.9. The SMILES string of the molecule is CCCCCCC/C=C\C/C=C\CCCCCCCCCCCCCCCCCCCCCC(=O)OCC(COC(=O)CCCCCCC)OC(=O)CCCCCCCCCCCCCCCCCCCCCCCCCCC. The summed E-state index contributed by atoms with van der Waals surface area (Å²) in [6, 6.07) is 0. The highest BCUT2D eigenvalue weighted by atomic mass is 16.6. The van der Waals surface area contributed by atoms with Gasteiger partial charge in [-0.25, -0.2) is 0 Å². The summed E-state index contributed by atoms with van der Waals surface area (Å²) >= 11 is 0. The summed E-state index contributed by atoms with van der Waals surface area (Å²) in [7, 11) is 0. The van der Waals surface area contributed by atoms with Gasteiger partial charge in [0.1, 0.15) is 13.2 Å². The van der Waals surface area contributed by atoms with Crippen molar-refractivity contribution in [3.05, 3.63) is 24.3 Å². The van der Waals surface area contributed by atoms with Crippen molar-refractivity contribution in [2.75, 3.05) is 13.2 Å². The van der Waals surface area contributed by atoms with Crippen LogP contribution in [0.25, 0.3) is 0 Å². The number of esters is 3. The van der Waals surface area contributed by atoms with Crippen LogP contribution in [0.15, 0.2) is 24.3 Å². The highest BCUT2D eigenvalue weighted by molar-refractivity contribution is 5.71. The zero-order valence-corrected chi connectivity index (χ0v) is 53.7. The second kappa shape index (κ2) is 68.4. The lowest BCUT2D eigenvalue weighted by Crippen LogP contribution is -2.30. The van der Waals surface area contributed by atoms with Crippen molar-refractivity contribution >= 4 is 17.9 Å². The van der Waals surface area contributed by atoms with E-state index in [2.05, 4.69) is 45.1 Å². The predicted molar refractivity (Wildman–Crippen MR) is 344 cm³/mol. The predicted octanol–water partition coefficient (Wildman–Crippen LogP) is 24.6. The molecule has 0 radical (unpaired) electrons. The molecule has 0 bridgehead atoms. The molecule has 0 aromatic carbocycles. The Hall–Kier alpha value is -2.11. The highest BCUT2D eigenvalue weighted by Crippen LogP contribution is 2.19. The summed E-state index contributed by atoms with van der Waals surface area (Å²) in [5.74, 6) is -0.849. The maximum Gasteiger partial charge on any atom is 0.306 e. The van der Waals surface area contributed by atoms with E-state index in [4.69, 9.17) is 14.2 Å². The standard InChI is InChI=1S/C73H138O6/c1-4-7-10-13-15-17-19-21-23-25-27-29-31-33-34-35-36-37-38-40-41-43-45-47-49-51-53-55-57-60-63-66-72(75)78-69-70(68-77-71(74)65-62-59-12-9-6-3)79-73(76)67-64-61-58-56-54-52-50-48-46-44-42-39-32-30-28-26-24-22-20-18-16-14-11-8-5-2/h19,21,25,27,70H,4-18,20,22-24,26,28-69H2,1-3H3/b21-19-,27-25-. The molecule has 0 N–H and O–H groups in total. The Morgan fingerprint density at radius 1 is 0.253 bits per heavy atom. The minimum atomic E-state index is -0.764. The Morgan fingerprint density at radius 3 is 0.696 bits per heavy atom. The Bertz CT molecular complexity index is 1270. The van der Waals surface area contributed by atoms with Gasteiger partial charge >= 0.3 is 17.9 Å². The second-order valence-electron chi connectivity index (χ2n) is 24.5. The molecule has 6 heteroatoms. The van der Waals surface area contributed by atoms with Crippen LogP contribution in [0.4, 0.5) is 0 Å². The lowest BCUT2D eigenvalue weighted by atomic mass is 10.0. The van der Waals surface area contributed by atoms with Gasteiger partial charge in [-0.1, -0.05) is 360 Å². The van der Waals surface area contributed by atoms with Gasteiger partial charge < -0.3 is 14.2 Å². The van der Waals surface area contributed by atoms with Gasteiger partial charge in [0.15, 0.2) is 6.10 Å². The summed E-state index contributed by atoms with van der Waals surface area (Å²) in [4.78, 5) is 38.0. The summed E-state index contributed by atoms with van der Waals surface area (Å²) in [5.41, 5.74) is 0. The van der Waals surface area contributed by atoms with E-state index >= 15 is 0 Å². The van der Waals surface area contributed by atoms with Crippen LogP contribution in [0.5, 0.6) is 0 Å². The van der Waals surface area contributed by atoms with E-state index in [0.717, 1.165) is 70.6 Å². The topological polar surface area (TPSA) is 78.9 Å². The molecular formula is C73H138O6. The maximum absolute atomic E-state index is 12.9. The van der Waals surface area contributed by atoms with Gasteiger partial charge in [-0.15, -0.1) is 0 Å². The maximum atomic E-state index is 12.9. The lowest BCUT2D eigenvalue weighted by Gasteiger charge is -2.18. The largest absolute Gasteiger partial charge is 0.462 e. The van der Waals surface area contributed by atoms with Crippen molar-refractivity contribution in [3.63, 3.8) is 0 Å². The van der Waals surface area contributed by atoms with Gasteiger partial charge in [-0.3, -0.25) is 14.4 Å². The first-order chi connectivity index (χ1) is 39.0. The molecule has 6 nitrogen and oxygen atoms in total. The van der Waals surface area contributed by atoms with Crippen LogP contribution in [-0.4, -0.2) is 37.2 Å². The first-order valence-electron chi connectivity index (χ1n) is 35.8. The quantitative estimate of drug-likeness (QED) is 0.0261. The van der Waals surface area contributed by atoms with E-state index in [1.807, 2.05) is 0 Å². The molecule has 1 unspecified atom stereocenters. The van der Waals surface area contributed by atoms with E-state index in [1.54, 1.807) is 0 Å². The molecule has 79 heavy (non-hydrogen) atoms. The molecule has 0 saturated heterocycles. The summed E-state index contributed by atoms with van der Waals surface area (Å²) < 4.78 is 16.8. The third-order valence-corrected chi connectivity index (χ3v) is 16.5. The Kier molecular flexibility index (Phi) is 66.6. The van der Waals surface area contributed by atoms with E-state index in [0.29, 0.717) is 19.3 Å². The van der Waals surface area contributed by atoms with Gasteiger partial charge in [-0.2, -0.15) is 0 Å². The highest BCUT2D eigenvalue weighted by Gasteiger charge is 2.19. The molecule has 0 spiro atoms. The van der Waals surface area contributed by atoms with Crippen molar-refractivity contribution < 1.29 is 28.6 Å². The van der Waals surface area contributed by atoms with Crippen molar-refractivity contribution in [1.82, 2.24) is 0 Å². The van der Waals surface area contributed by atoms with Crippen molar-refractivity contribution in [2.24, 2.45) is 0 Å². The van der Waals surface area contributed by atoms with Crippen molar-refractivity contribution in [2.45, 2.75) is 412 Å². The number of hydrogen-bond acceptors (Lipinski definition) is 6. The zero-order valence-electron chi connectivity index (χ0n) is 53.7. The molecule has 0 aromatic heterocycles. The number of rotatable bonds is 67. The third kappa shape index (κ3) is 66.6. The number of carbonyl (C=O) groups is 3. The second-order valence-corrected chi connectivity index (χ2v) is 24.5. The molecule has 0 aliphatic carbocycles. The molecule has 0 rings (SSSR count). The molecule has 1 atom stereocenters. The van der Waals surface area contributed by atoms with Crippen LogP contribution in [-0.2, 0) is 28.6 Å². The molecule has 0 saturated carbocycles. The van der Waals surface area contributed by atoms with E-state index in [1.165, 1.54) is 295 Å². The average Bonchev–Trinajstić information content (AvgIpc) is 3.45. The first-order valence-corrected chi connectivity index (χ1v) is 35.8. The fraction of sp³-hybridized carbons (Fsp3) is 0.904. The molecule has 0 aliphatic heterocycles. The van der Waals surface area contributed by atoms with Crippen LogP contribution in [0.3, 0.4) is 0 Å². The van der Waals surface area contributed by atoms with Crippen molar-refractivity contribution in [3.8, 4) is 0 Å². The summed E-state index contributed by atoms with van der Waals surface area (Å²) in [6.07, 6.45) is 84.2. The van der Waals surface area contributed by atoms with Crippen LogP contribution in [0, 0.1) is 0 Å². The minimum absolute atomic E-state index is 0.0648. The zero-order chi connectivity index (χ0) is 57.1. The van der Waals surface area contributed by atoms with Gasteiger partial charge in [-0.05, 0) is 51.4 Å². The van der Waals surface area contributed by atoms with Crippen LogP contribution >= 0.6 is 0 Å². The van der Waals surface area contributed by atoms with Gasteiger partial charge in [0.2, 0.25) is 0 Å². The normalized spacial score (nSPS) is 12.1. The molecule has 0 fully saturated rings. The molecule has 0 aliphatic rings. The smallest absolute Gasteiger partial charge is 0.306 e. The van der Waals surface area contributed by atoms with Gasteiger partial charge in [0.05, 0.1) is 0 Å². The summed E-state index contributed by atoms with van der Waals surface area (Å²) in [5, 5.41) is 0. The van der Waals surface area contributed by atoms with Gasteiger partial charge in [0.25, 0.3) is 0 Å². The van der Waals surface area contributed by atoms with E-state index in [9.17, 15) is 14.4 Å². The van der Waals surface area contributed by atoms with Crippen LogP contribution in [0.2, 0.25) is 0 Å². The molecule has 0 heterocycles. The van der Waals surface area contributed by atoms with Crippen LogP contribution in [0.1, 0.15) is 406 Å². The number of allylic oxidation sites excluding steroid dienone is 4. The Labute approximate surface area is 493 Å². The average molecular weight is 1110 g/mol. The number of ether oxygens (including phenoxy) is 3. The molecule has 0 aromatic rings. The fourth-order valence-corrected chi connectivity index (χ4v) is 11.1. The number of unbranched alkanes of at least 4 members (excludes halogenated alkanes) is 52. The number of carbonyl (C=O) groups excluding carboxylic acids is 3. The molecule has 0 amide bonds. The Morgan fingerprint density at radius 2 is 0.456 bits per heavy atom. The fourth-order valence-electron chi connectivity index (χ4n) is 11.1. The van der Waals surface area contributed by atoms with Gasteiger partial charge in [0, 0.05) is 19.3 Å². The van der Waals surface area contributed by atoms with Crippen LogP contribution < -0.4 is 0 Å². The number of hydrogen-bond donors (Lipinski definition) is 0. The summed E-state index contributed by atoms with van der Waals surface area (Å²) in [6.45, 7) is 6.63. The minimum Gasteiger partial charge on any atom is -0.462 e. The molecular weight excluding hydrogens is 973 g/mol. The third-order valence-electron chi connectivity index (χ3n) is 16.5. The monoisotopic (exact) mass is 1110 g/mol. The van der Waals surface area contributed by atoms with E-state index < -0.39 is 6.10 Å². The van der Waals surface area contributed by atoms with Crippen molar-refractivity contribution in [1.29, 1.82) is 0 Å². The van der Waals surface area contributed by atoms with E-state index in [-0.39, 0.29) is 31.1 Å². The Balaban J connectivity index is 3.90. The lowest BCUT2D eigenvalue weighted by molar-refractivity contribution is -0.167. The molecule has 466 valence electrons.